The van der Waals surface area contributed by atoms with Crippen LogP contribution >= 0.6 is 15.9 Å². The van der Waals surface area contributed by atoms with E-state index in [1.165, 1.54) is 18.2 Å². The van der Waals surface area contributed by atoms with Crippen molar-refractivity contribution < 1.29 is 14.5 Å². The number of nitro benzene ring substituents is 1. The number of halogens is 1. The maximum absolute atomic E-state index is 12.5. The summed E-state index contributed by atoms with van der Waals surface area (Å²) >= 11 is 3.44. The fourth-order valence-electron chi connectivity index (χ4n) is 2.92. The number of nitriles is 1. The molecule has 8 nitrogen and oxygen atoms in total. The molecule has 0 saturated carbocycles. The number of carbonyl (C=O) groups excluding carboxylic acids is 1. The van der Waals surface area contributed by atoms with Gasteiger partial charge in [0.2, 0.25) is 0 Å². The summed E-state index contributed by atoms with van der Waals surface area (Å²) in [5.41, 5.74) is 5.83. The molecule has 0 unspecified atom stereocenters. The highest BCUT2D eigenvalue weighted by Gasteiger charge is 2.12. The number of amides is 1. The first kappa shape index (κ1) is 22.8. The van der Waals surface area contributed by atoms with E-state index < -0.39 is 10.8 Å². The predicted octanol–water partition coefficient (Wildman–Crippen LogP) is 5.03. The van der Waals surface area contributed by atoms with Gasteiger partial charge in [0.1, 0.15) is 24.0 Å². The highest BCUT2D eigenvalue weighted by atomic mass is 79.9. The van der Waals surface area contributed by atoms with Crippen LogP contribution < -0.4 is 10.2 Å². The van der Waals surface area contributed by atoms with E-state index in [4.69, 9.17) is 4.74 Å². The Hall–Kier alpha value is -3.90. The molecule has 0 spiro atoms. The normalized spacial score (nSPS) is 11.0. The zero-order valence-electron chi connectivity index (χ0n) is 17.3. The van der Waals surface area contributed by atoms with Crippen LogP contribution in [0, 0.1) is 35.3 Å². The fraction of sp³-hybridized carbons (Fsp3) is 0.130. The summed E-state index contributed by atoms with van der Waals surface area (Å²) in [4.78, 5) is 22.8. The lowest BCUT2D eigenvalue weighted by molar-refractivity contribution is -0.384. The average molecular weight is 495 g/mol. The Morgan fingerprint density at radius 3 is 2.41 bits per heavy atom. The van der Waals surface area contributed by atoms with Crippen molar-refractivity contribution in [3.8, 4) is 11.8 Å². The first-order chi connectivity index (χ1) is 15.3. The number of aryl methyl sites for hydroxylation is 2. The molecule has 0 aliphatic carbocycles. The van der Waals surface area contributed by atoms with Crippen molar-refractivity contribution in [1.82, 2.24) is 4.68 Å². The summed E-state index contributed by atoms with van der Waals surface area (Å²) in [6.45, 7) is 3.94. The topological polar surface area (TPSA) is 110 Å². The van der Waals surface area contributed by atoms with Crippen LogP contribution in [0.1, 0.15) is 22.5 Å². The van der Waals surface area contributed by atoms with E-state index in [1.807, 2.05) is 32.0 Å². The van der Waals surface area contributed by atoms with E-state index in [1.54, 1.807) is 35.0 Å². The van der Waals surface area contributed by atoms with Crippen molar-refractivity contribution >= 4 is 33.6 Å². The van der Waals surface area contributed by atoms with Gasteiger partial charge in [-0.25, -0.2) is 0 Å². The minimum Gasteiger partial charge on any atom is -0.488 e. The molecule has 2 aromatic carbocycles. The summed E-state index contributed by atoms with van der Waals surface area (Å²) in [5.74, 6) is 0.0478. The Morgan fingerprint density at radius 2 is 1.84 bits per heavy atom. The fourth-order valence-corrected chi connectivity index (χ4v) is 3.43. The molecule has 0 bridgehead atoms. The van der Waals surface area contributed by atoms with E-state index in [0.29, 0.717) is 15.8 Å². The molecule has 3 rings (SSSR count). The Labute approximate surface area is 193 Å². The first-order valence-corrected chi connectivity index (χ1v) is 10.3. The van der Waals surface area contributed by atoms with Gasteiger partial charge in [0.25, 0.3) is 11.6 Å². The highest BCUT2D eigenvalue weighted by molar-refractivity contribution is 9.10. The van der Waals surface area contributed by atoms with Gasteiger partial charge in [-0.1, -0.05) is 6.07 Å². The van der Waals surface area contributed by atoms with Crippen molar-refractivity contribution in [3.63, 3.8) is 0 Å². The molecular weight excluding hydrogens is 476 g/mol. The Balaban J connectivity index is 1.70. The number of rotatable bonds is 7. The third-order valence-electron chi connectivity index (χ3n) is 4.66. The largest absolute Gasteiger partial charge is 0.488 e. The maximum atomic E-state index is 12.5. The number of aromatic nitrogens is 1. The van der Waals surface area contributed by atoms with Crippen LogP contribution in [0.3, 0.4) is 0 Å². The van der Waals surface area contributed by atoms with Crippen molar-refractivity contribution in [2.45, 2.75) is 20.5 Å². The summed E-state index contributed by atoms with van der Waals surface area (Å²) in [7, 11) is 0. The van der Waals surface area contributed by atoms with Gasteiger partial charge in [-0.2, -0.15) is 5.26 Å². The van der Waals surface area contributed by atoms with Crippen LogP contribution in [0.5, 0.6) is 5.75 Å². The Kier molecular flexibility index (Phi) is 7.07. The molecule has 0 fully saturated rings. The summed E-state index contributed by atoms with van der Waals surface area (Å²) in [6.07, 6.45) is 1.49. The van der Waals surface area contributed by atoms with Gasteiger partial charge in [0.05, 0.1) is 9.40 Å². The number of ether oxygens (including phenoxy) is 1. The maximum Gasteiger partial charge on any atom is 0.280 e. The van der Waals surface area contributed by atoms with Crippen molar-refractivity contribution in [2.24, 2.45) is 0 Å². The Morgan fingerprint density at radius 1 is 1.19 bits per heavy atom. The summed E-state index contributed by atoms with van der Waals surface area (Å²) in [5, 5.41) is 20.2. The van der Waals surface area contributed by atoms with E-state index in [0.717, 1.165) is 17.0 Å². The number of hydrogen-bond acceptors (Lipinski definition) is 5. The molecule has 0 radical (unpaired) electrons. The molecule has 3 aromatic rings. The third-order valence-corrected chi connectivity index (χ3v) is 5.28. The minimum absolute atomic E-state index is 0.0190. The Bertz CT molecular complexity index is 1220. The first-order valence-electron chi connectivity index (χ1n) is 9.52. The van der Waals surface area contributed by atoms with Gasteiger partial charge in [-0.05, 0) is 83.4 Å². The van der Waals surface area contributed by atoms with Gasteiger partial charge in [-0.3, -0.25) is 25.0 Å². The second-order valence-corrected chi connectivity index (χ2v) is 7.82. The summed E-state index contributed by atoms with van der Waals surface area (Å²) < 4.78 is 8.03. The SMILES string of the molecule is Cc1ccc(C)n1NC(=O)/C(C#N)=C\c1ccc(OCc2ccc([N+](=O)[O-])cc2)c(Br)c1. The van der Waals surface area contributed by atoms with E-state index in [2.05, 4.69) is 21.4 Å². The standard InChI is InChI=1S/C23H19BrN4O4/c1-15-3-4-16(2)27(15)26-23(29)19(13-25)11-18-7-10-22(21(24)12-18)32-14-17-5-8-20(9-6-17)28(30)31/h3-12H,14H2,1-2H3,(H,26,29)/b19-11-. The van der Waals surface area contributed by atoms with E-state index in [9.17, 15) is 20.2 Å². The molecule has 0 aliphatic heterocycles. The number of benzene rings is 2. The van der Waals surface area contributed by atoms with Crippen LogP contribution in [-0.4, -0.2) is 15.5 Å². The molecule has 0 saturated heterocycles. The molecule has 0 aliphatic rings. The van der Waals surface area contributed by atoms with Gasteiger partial charge in [0.15, 0.2) is 0 Å². The van der Waals surface area contributed by atoms with E-state index in [-0.39, 0.29) is 17.9 Å². The molecule has 1 heterocycles. The monoisotopic (exact) mass is 494 g/mol. The van der Waals surface area contributed by atoms with Crippen molar-refractivity contribution in [1.29, 1.82) is 5.26 Å². The number of non-ortho nitro benzene ring substituents is 1. The van der Waals surface area contributed by atoms with Crippen LogP contribution in [0.4, 0.5) is 5.69 Å². The number of nitrogens with zero attached hydrogens (tertiary/aromatic N) is 3. The zero-order chi connectivity index (χ0) is 23.3. The molecular formula is C23H19BrN4O4. The second kappa shape index (κ2) is 9.94. The number of carbonyl (C=O) groups is 1. The van der Waals surface area contributed by atoms with Crippen LogP contribution in [-0.2, 0) is 11.4 Å². The number of nitrogens with one attached hydrogen (secondary N) is 1. The van der Waals surface area contributed by atoms with Gasteiger partial charge < -0.3 is 4.74 Å². The van der Waals surface area contributed by atoms with Crippen molar-refractivity contribution in [2.75, 3.05) is 5.43 Å². The molecule has 162 valence electrons. The number of hydrogen-bond donors (Lipinski definition) is 1. The van der Waals surface area contributed by atoms with Crippen LogP contribution in [0.2, 0.25) is 0 Å². The zero-order valence-corrected chi connectivity index (χ0v) is 18.9. The molecule has 1 amide bonds. The quantitative estimate of drug-likeness (QED) is 0.214. The van der Waals surface area contributed by atoms with Gasteiger partial charge in [0, 0.05) is 23.5 Å². The third kappa shape index (κ3) is 5.42. The molecule has 9 heteroatoms. The van der Waals surface area contributed by atoms with Crippen LogP contribution in [0.25, 0.3) is 6.08 Å². The average Bonchev–Trinajstić information content (AvgIpc) is 3.09. The minimum atomic E-state index is -0.510. The summed E-state index contributed by atoms with van der Waals surface area (Å²) in [6, 6.07) is 17.0. The van der Waals surface area contributed by atoms with Gasteiger partial charge >= 0.3 is 0 Å². The van der Waals surface area contributed by atoms with E-state index >= 15 is 0 Å². The predicted molar refractivity (Wildman–Crippen MR) is 123 cm³/mol. The molecule has 1 aromatic heterocycles. The van der Waals surface area contributed by atoms with Crippen molar-refractivity contribution in [3.05, 3.63) is 97.3 Å². The van der Waals surface area contributed by atoms with Gasteiger partial charge in [-0.15, -0.1) is 0 Å². The lowest BCUT2D eigenvalue weighted by Crippen LogP contribution is -2.25. The lowest BCUT2D eigenvalue weighted by Gasteiger charge is -2.11. The highest BCUT2D eigenvalue weighted by Crippen LogP contribution is 2.28. The smallest absolute Gasteiger partial charge is 0.280 e. The lowest BCUT2D eigenvalue weighted by atomic mass is 10.1. The second-order valence-electron chi connectivity index (χ2n) is 6.96. The van der Waals surface area contributed by atoms with Crippen LogP contribution in [0.15, 0.2) is 64.6 Å². The molecule has 0 atom stereocenters. The molecule has 1 N–H and O–H groups in total. The number of nitro groups is 1. The molecule has 32 heavy (non-hydrogen) atoms.